The van der Waals surface area contributed by atoms with Gasteiger partial charge >= 0.3 is 0 Å². The van der Waals surface area contributed by atoms with Crippen LogP contribution >= 0.6 is 11.3 Å². The van der Waals surface area contributed by atoms with E-state index in [1.54, 1.807) is 23.3 Å². The van der Waals surface area contributed by atoms with Crippen LogP contribution in [0.1, 0.15) is 22.7 Å². The molecule has 1 fully saturated rings. The number of fused-ring (bicyclic) bond motifs is 1. The molecular weight excluding hydrogens is 396 g/mol. The molecule has 2 aromatic carbocycles. The zero-order valence-electron chi connectivity index (χ0n) is 17.3. The van der Waals surface area contributed by atoms with E-state index in [4.69, 9.17) is 0 Å². The summed E-state index contributed by atoms with van der Waals surface area (Å²) in [6, 6.07) is 14.0. The molecule has 1 aromatic heterocycles. The number of rotatable bonds is 6. The molecule has 2 amide bonds. The minimum absolute atomic E-state index is 0.0503. The second-order valence-electron chi connectivity index (χ2n) is 7.73. The monoisotopic (exact) mass is 422 g/mol. The van der Waals surface area contributed by atoms with Crippen molar-refractivity contribution in [3.05, 3.63) is 64.1 Å². The lowest BCUT2D eigenvalue weighted by molar-refractivity contribution is -0.138. The predicted molar refractivity (Wildman–Crippen MR) is 119 cm³/mol. The van der Waals surface area contributed by atoms with Crippen LogP contribution in [0.5, 0.6) is 0 Å². The molecule has 1 saturated heterocycles. The van der Waals surface area contributed by atoms with Gasteiger partial charge in [0.1, 0.15) is 0 Å². The van der Waals surface area contributed by atoms with Crippen LogP contribution in [-0.4, -0.2) is 52.8 Å². The number of carbonyl (C=O) groups excluding carboxylic acids is 2. The zero-order chi connectivity index (χ0) is 21.1. The molecule has 0 bridgehead atoms. The third-order valence-corrected chi connectivity index (χ3v) is 6.38. The summed E-state index contributed by atoms with van der Waals surface area (Å²) in [7, 11) is 1.77. The van der Waals surface area contributed by atoms with Gasteiger partial charge in [0.05, 0.1) is 29.7 Å². The van der Waals surface area contributed by atoms with E-state index in [1.807, 2.05) is 30.5 Å². The number of amides is 2. The lowest BCUT2D eigenvalue weighted by Gasteiger charge is -2.35. The van der Waals surface area contributed by atoms with Crippen molar-refractivity contribution in [3.8, 4) is 0 Å². The summed E-state index contributed by atoms with van der Waals surface area (Å²) in [6.45, 7) is 4.38. The average molecular weight is 423 g/mol. The number of piperazine rings is 1. The fourth-order valence-electron chi connectivity index (χ4n) is 3.96. The lowest BCUT2D eigenvalue weighted by atomic mass is 10.0. The molecule has 0 aliphatic carbocycles. The van der Waals surface area contributed by atoms with E-state index in [-0.39, 0.29) is 18.2 Å². The molecule has 30 heavy (non-hydrogen) atoms. The number of hydrogen-bond donors (Lipinski definition) is 1. The van der Waals surface area contributed by atoms with Crippen LogP contribution < -0.4 is 5.32 Å². The van der Waals surface area contributed by atoms with Crippen molar-refractivity contribution in [2.75, 3.05) is 20.1 Å². The molecule has 7 heteroatoms. The van der Waals surface area contributed by atoms with Gasteiger partial charge in [-0.05, 0) is 23.3 Å². The Labute approximate surface area is 180 Å². The van der Waals surface area contributed by atoms with Gasteiger partial charge in [-0.3, -0.25) is 14.5 Å². The van der Waals surface area contributed by atoms with E-state index in [0.717, 1.165) is 17.2 Å². The first-order valence-electron chi connectivity index (χ1n) is 10.1. The Morgan fingerprint density at radius 3 is 2.87 bits per heavy atom. The Kier molecular flexibility index (Phi) is 6.11. The van der Waals surface area contributed by atoms with Gasteiger partial charge in [0.25, 0.3) is 0 Å². The minimum Gasteiger partial charge on any atom is -0.353 e. The molecule has 0 saturated carbocycles. The van der Waals surface area contributed by atoms with Crippen LogP contribution in [0.3, 0.4) is 0 Å². The molecule has 0 spiro atoms. The average Bonchev–Trinajstić information content (AvgIpc) is 3.15. The van der Waals surface area contributed by atoms with Gasteiger partial charge < -0.3 is 10.2 Å². The van der Waals surface area contributed by atoms with E-state index in [9.17, 15) is 9.59 Å². The van der Waals surface area contributed by atoms with Gasteiger partial charge in [0, 0.05) is 32.1 Å². The summed E-state index contributed by atoms with van der Waals surface area (Å²) >= 11 is 1.58. The Balaban J connectivity index is 1.48. The Morgan fingerprint density at radius 2 is 2.07 bits per heavy atom. The topological polar surface area (TPSA) is 65.5 Å². The summed E-state index contributed by atoms with van der Waals surface area (Å²) in [6.07, 6.45) is 0.163. The predicted octanol–water partition coefficient (Wildman–Crippen LogP) is 2.95. The van der Waals surface area contributed by atoms with Crippen LogP contribution in [0.25, 0.3) is 10.8 Å². The highest BCUT2D eigenvalue weighted by atomic mass is 32.1. The van der Waals surface area contributed by atoms with Gasteiger partial charge in [-0.2, -0.15) is 0 Å². The first kappa shape index (κ1) is 20.5. The molecule has 3 aromatic rings. The summed E-state index contributed by atoms with van der Waals surface area (Å²) in [5.41, 5.74) is 2.06. The molecule has 2 heterocycles. The number of aromatic nitrogens is 1. The maximum absolute atomic E-state index is 12.9. The van der Waals surface area contributed by atoms with Crippen LogP contribution in [-0.2, 0) is 22.7 Å². The van der Waals surface area contributed by atoms with Crippen molar-refractivity contribution in [2.45, 2.75) is 32.5 Å². The molecule has 1 aliphatic rings. The third-order valence-electron chi connectivity index (χ3n) is 5.55. The van der Waals surface area contributed by atoms with Crippen LogP contribution in [0.4, 0.5) is 0 Å². The SMILES string of the molecule is Cc1nc(CN(C)C(=O)CC2C(=O)NCCN2Cc2cccc3ccccc23)cs1. The molecule has 1 atom stereocenters. The van der Waals surface area contributed by atoms with Gasteiger partial charge in [-0.15, -0.1) is 11.3 Å². The fourth-order valence-corrected chi connectivity index (χ4v) is 4.56. The normalized spacial score (nSPS) is 17.1. The van der Waals surface area contributed by atoms with Gasteiger partial charge in [-0.1, -0.05) is 42.5 Å². The van der Waals surface area contributed by atoms with Crippen LogP contribution in [0, 0.1) is 6.92 Å². The highest BCUT2D eigenvalue weighted by Crippen LogP contribution is 2.22. The Hall–Kier alpha value is -2.77. The molecule has 156 valence electrons. The Morgan fingerprint density at radius 1 is 1.27 bits per heavy atom. The molecule has 1 aliphatic heterocycles. The summed E-state index contributed by atoms with van der Waals surface area (Å²) < 4.78 is 0. The number of carbonyl (C=O) groups is 2. The summed E-state index contributed by atoms with van der Waals surface area (Å²) in [4.78, 5) is 33.7. The number of nitrogens with one attached hydrogen (secondary N) is 1. The zero-order valence-corrected chi connectivity index (χ0v) is 18.1. The molecular formula is C23H26N4O2S. The largest absolute Gasteiger partial charge is 0.353 e. The molecule has 4 rings (SSSR count). The number of aryl methyl sites for hydroxylation is 1. The van der Waals surface area contributed by atoms with Crippen LogP contribution in [0.2, 0.25) is 0 Å². The van der Waals surface area contributed by atoms with E-state index >= 15 is 0 Å². The van der Waals surface area contributed by atoms with E-state index in [2.05, 4.69) is 39.5 Å². The number of thiazole rings is 1. The first-order chi connectivity index (χ1) is 14.5. The molecule has 0 radical (unpaired) electrons. The van der Waals surface area contributed by atoms with Crippen molar-refractivity contribution in [1.29, 1.82) is 0 Å². The fraction of sp³-hybridized carbons (Fsp3) is 0.348. The van der Waals surface area contributed by atoms with E-state index in [0.29, 0.717) is 19.6 Å². The number of benzene rings is 2. The smallest absolute Gasteiger partial charge is 0.237 e. The number of hydrogen-bond acceptors (Lipinski definition) is 5. The van der Waals surface area contributed by atoms with Gasteiger partial charge in [-0.25, -0.2) is 4.98 Å². The highest BCUT2D eigenvalue weighted by molar-refractivity contribution is 7.09. The van der Waals surface area contributed by atoms with Crippen molar-refractivity contribution in [2.24, 2.45) is 0 Å². The third kappa shape index (κ3) is 4.52. The molecule has 6 nitrogen and oxygen atoms in total. The van der Waals surface area contributed by atoms with Crippen molar-refractivity contribution in [3.63, 3.8) is 0 Å². The minimum atomic E-state index is -0.468. The van der Waals surface area contributed by atoms with E-state index in [1.165, 1.54) is 16.3 Å². The van der Waals surface area contributed by atoms with Crippen molar-refractivity contribution >= 4 is 33.9 Å². The molecule has 1 unspecified atom stereocenters. The van der Waals surface area contributed by atoms with Crippen molar-refractivity contribution in [1.82, 2.24) is 20.1 Å². The maximum atomic E-state index is 12.9. The quantitative estimate of drug-likeness (QED) is 0.663. The second-order valence-corrected chi connectivity index (χ2v) is 8.79. The number of nitrogens with zero attached hydrogens (tertiary/aromatic N) is 3. The van der Waals surface area contributed by atoms with E-state index < -0.39 is 6.04 Å². The summed E-state index contributed by atoms with van der Waals surface area (Å²) in [5.74, 6) is -0.127. The van der Waals surface area contributed by atoms with Crippen LogP contribution in [0.15, 0.2) is 47.8 Å². The maximum Gasteiger partial charge on any atom is 0.237 e. The standard InChI is InChI=1S/C23H26N4O2S/c1-16-25-19(15-30-16)14-26(2)22(28)12-21-23(29)24-10-11-27(21)13-18-8-5-7-17-6-3-4-9-20(17)18/h3-9,15,21H,10-14H2,1-2H3,(H,24,29). The molecule has 1 N–H and O–H groups in total. The summed E-state index contributed by atoms with van der Waals surface area (Å²) in [5, 5.41) is 8.25. The Bertz CT molecular complexity index is 1060. The second kappa shape index (κ2) is 8.93. The lowest BCUT2D eigenvalue weighted by Crippen LogP contribution is -2.56. The highest BCUT2D eigenvalue weighted by Gasteiger charge is 2.32. The van der Waals surface area contributed by atoms with Gasteiger partial charge in [0.2, 0.25) is 11.8 Å². The van der Waals surface area contributed by atoms with Crippen molar-refractivity contribution < 1.29 is 9.59 Å². The first-order valence-corrected chi connectivity index (χ1v) is 11.0. The van der Waals surface area contributed by atoms with Gasteiger partial charge in [0.15, 0.2) is 0 Å².